The molecule has 1 atom stereocenters. The highest BCUT2D eigenvalue weighted by atomic mass is 79.9. The summed E-state index contributed by atoms with van der Waals surface area (Å²) in [5, 5.41) is 5.55. The second kappa shape index (κ2) is 11.1. The third kappa shape index (κ3) is 7.09. The first-order valence-electron chi connectivity index (χ1n) is 7.24. The van der Waals surface area contributed by atoms with Gasteiger partial charge in [-0.15, -0.1) is 17.0 Å². The van der Waals surface area contributed by atoms with Gasteiger partial charge < -0.3 is 4.90 Å². The van der Waals surface area contributed by atoms with Crippen LogP contribution in [0.3, 0.4) is 0 Å². The topological polar surface area (TPSA) is 25.3 Å². The molecule has 0 aromatic rings. The van der Waals surface area contributed by atoms with E-state index in [0.717, 1.165) is 37.8 Å². The van der Waals surface area contributed by atoms with E-state index in [1.807, 2.05) is 10.8 Å². The van der Waals surface area contributed by atoms with Gasteiger partial charge in [0, 0.05) is 20.6 Å². The van der Waals surface area contributed by atoms with Crippen molar-refractivity contribution in [3.8, 4) is 0 Å². The molecule has 0 amide bonds. The maximum Gasteiger partial charge on any atom is 0.187 e. The van der Waals surface area contributed by atoms with Crippen LogP contribution >= 0.6 is 38.6 Å². The fourth-order valence-corrected chi connectivity index (χ4v) is 4.57. The smallest absolute Gasteiger partial charge is 0.187 e. The minimum atomic E-state index is 0. The summed E-state index contributed by atoms with van der Waals surface area (Å²) in [7, 11) is 11.9. The second-order valence-electron chi connectivity index (χ2n) is 5.23. The van der Waals surface area contributed by atoms with Gasteiger partial charge in [0.2, 0.25) is 0 Å². The molecule has 0 radical (unpaired) electrons. The average Bonchev–Trinajstić information content (AvgIpc) is 2.88. The third-order valence-corrected chi connectivity index (χ3v) is 5.83. The van der Waals surface area contributed by atoms with Gasteiger partial charge in [-0.25, -0.2) is 10.0 Å². The molecule has 0 fully saturated rings. The minimum absolute atomic E-state index is 0. The van der Waals surface area contributed by atoms with Crippen molar-refractivity contribution in [1.82, 2.24) is 19.8 Å². The Hall–Kier alpha value is 0.530. The predicted molar refractivity (Wildman–Crippen MR) is 103 cm³/mol. The maximum absolute atomic E-state index is 4.79. The van der Waals surface area contributed by atoms with Gasteiger partial charge in [-0.2, -0.15) is 0 Å². The van der Waals surface area contributed by atoms with Crippen molar-refractivity contribution in [2.75, 3.05) is 54.4 Å². The van der Waals surface area contributed by atoms with Crippen LogP contribution in [0.5, 0.6) is 0 Å². The molecule has 21 heavy (non-hydrogen) atoms. The lowest BCUT2D eigenvalue weighted by Crippen LogP contribution is -2.41. The molecule has 1 heterocycles. The van der Waals surface area contributed by atoms with Gasteiger partial charge in [-0.1, -0.05) is 13.8 Å². The number of hydrazine groups is 1. The molecule has 0 aromatic carbocycles. The molecule has 8 heteroatoms. The van der Waals surface area contributed by atoms with Crippen molar-refractivity contribution in [1.29, 1.82) is 0 Å². The first kappa shape index (κ1) is 21.5. The normalized spacial score (nSPS) is 18.3. The lowest BCUT2D eigenvalue weighted by Gasteiger charge is -2.30. The van der Waals surface area contributed by atoms with Gasteiger partial charge in [0.25, 0.3) is 0 Å². The molecule has 0 saturated carbocycles. The molecule has 0 saturated heterocycles. The van der Waals surface area contributed by atoms with E-state index < -0.39 is 0 Å². The highest BCUT2D eigenvalue weighted by molar-refractivity contribution is 8.93. The number of hydrogen-bond donors (Lipinski definition) is 0. The van der Waals surface area contributed by atoms with Gasteiger partial charge >= 0.3 is 0 Å². The van der Waals surface area contributed by atoms with Crippen LogP contribution in [-0.2, 0) is 0 Å². The molecule has 0 spiro atoms. The summed E-state index contributed by atoms with van der Waals surface area (Å²) in [6, 6.07) is 0. The highest BCUT2D eigenvalue weighted by Crippen LogP contribution is 2.38. The summed E-state index contributed by atoms with van der Waals surface area (Å²) >= 11 is 0. The number of nitrogens with zero attached hydrogens (tertiary/aromatic N) is 5. The molecule has 5 nitrogen and oxygen atoms in total. The van der Waals surface area contributed by atoms with E-state index in [1.165, 1.54) is 0 Å². The van der Waals surface area contributed by atoms with E-state index >= 15 is 0 Å². The van der Waals surface area contributed by atoms with Crippen molar-refractivity contribution < 1.29 is 0 Å². The summed E-state index contributed by atoms with van der Waals surface area (Å²) in [6.45, 7) is 8.89. The van der Waals surface area contributed by atoms with Crippen LogP contribution in [0, 0.1) is 0 Å². The Morgan fingerprint density at radius 1 is 1.05 bits per heavy atom. The number of amidine groups is 1. The van der Waals surface area contributed by atoms with E-state index in [9.17, 15) is 0 Å². The molecule has 0 aliphatic carbocycles. The molecule has 126 valence electrons. The zero-order chi connectivity index (χ0) is 15.1. The van der Waals surface area contributed by atoms with Crippen LogP contribution in [-0.4, -0.2) is 84.9 Å². The Morgan fingerprint density at radius 2 is 1.67 bits per heavy atom. The summed E-state index contributed by atoms with van der Waals surface area (Å²) in [4.78, 5) is 9.40. The molecule has 0 N–H and O–H groups in total. The fourth-order valence-electron chi connectivity index (χ4n) is 1.99. The summed E-state index contributed by atoms with van der Waals surface area (Å²) in [6.07, 6.45) is 1.16. The Morgan fingerprint density at radius 3 is 2.10 bits per heavy atom. The second-order valence-corrected chi connectivity index (χ2v) is 7.46. The molecule has 0 aromatic heterocycles. The molecule has 0 bridgehead atoms. The van der Waals surface area contributed by atoms with Crippen LogP contribution in [0.2, 0.25) is 0 Å². The van der Waals surface area contributed by atoms with Crippen LogP contribution in [0.25, 0.3) is 0 Å². The Labute approximate surface area is 148 Å². The molecule has 1 aliphatic heterocycles. The van der Waals surface area contributed by atoms with Crippen molar-refractivity contribution >= 4 is 43.7 Å². The van der Waals surface area contributed by atoms with E-state index in [1.54, 1.807) is 10.8 Å². The summed E-state index contributed by atoms with van der Waals surface area (Å²) < 4.78 is 0. The lowest BCUT2D eigenvalue weighted by molar-refractivity contribution is 0.107. The first-order chi connectivity index (χ1) is 9.49. The first-order valence-corrected chi connectivity index (χ1v) is 9.45. The monoisotopic (exact) mass is 399 g/mol. The Balaban J connectivity index is 0.00000400. The van der Waals surface area contributed by atoms with E-state index in [2.05, 4.69) is 61.9 Å². The van der Waals surface area contributed by atoms with Crippen molar-refractivity contribution in [3.05, 3.63) is 0 Å². The average molecular weight is 400 g/mol. The number of aliphatic imine (C=N–C) groups is 1. The van der Waals surface area contributed by atoms with E-state index in [4.69, 9.17) is 4.99 Å². The summed E-state index contributed by atoms with van der Waals surface area (Å²) in [5.41, 5.74) is 0.236. The number of rotatable bonds is 8. The SMILES string of the molecule is Br.CCN(CC)CCCN(C1=NC(N(C)C)SS1)N(C)C. The third-order valence-electron chi connectivity index (χ3n) is 3.31. The van der Waals surface area contributed by atoms with Crippen molar-refractivity contribution in [2.24, 2.45) is 4.99 Å². The largest absolute Gasteiger partial charge is 0.304 e. The quantitative estimate of drug-likeness (QED) is 0.459. The van der Waals surface area contributed by atoms with Crippen molar-refractivity contribution in [3.63, 3.8) is 0 Å². The standard InChI is InChI=1S/C13H29N5S2.BrH/c1-7-17(8-2)10-9-11-18(16(5)6)13-14-12(15(3)4)19-20-13;/h12H,7-11H2,1-6H3;1H. The van der Waals surface area contributed by atoms with E-state index in [0.29, 0.717) is 0 Å². The van der Waals surface area contributed by atoms with Crippen LogP contribution in [0.15, 0.2) is 4.99 Å². The van der Waals surface area contributed by atoms with Crippen molar-refractivity contribution in [2.45, 2.75) is 25.8 Å². The van der Waals surface area contributed by atoms with Gasteiger partial charge in [0.15, 0.2) is 10.7 Å². The van der Waals surface area contributed by atoms with Crippen LogP contribution < -0.4 is 0 Å². The maximum atomic E-state index is 4.79. The Bertz CT molecular complexity index is 311. The number of hydrogen-bond acceptors (Lipinski definition) is 7. The molecule has 1 unspecified atom stereocenters. The molecular formula is C13H30BrN5S2. The number of halogens is 1. The van der Waals surface area contributed by atoms with Gasteiger partial charge in [-0.05, 0) is 61.7 Å². The van der Waals surface area contributed by atoms with Crippen LogP contribution in [0.1, 0.15) is 20.3 Å². The molecular weight excluding hydrogens is 370 g/mol. The zero-order valence-corrected chi connectivity index (χ0v) is 17.4. The predicted octanol–water partition coefficient (Wildman–Crippen LogP) is 2.67. The lowest BCUT2D eigenvalue weighted by atomic mass is 10.3. The zero-order valence-electron chi connectivity index (χ0n) is 14.1. The van der Waals surface area contributed by atoms with Gasteiger partial charge in [0.05, 0.1) is 0 Å². The van der Waals surface area contributed by atoms with Gasteiger partial charge in [-0.3, -0.25) is 9.91 Å². The fraction of sp³-hybridized carbons (Fsp3) is 0.923. The molecule has 1 aliphatic rings. The van der Waals surface area contributed by atoms with E-state index in [-0.39, 0.29) is 22.5 Å². The Kier molecular flexibility index (Phi) is 11.4. The minimum Gasteiger partial charge on any atom is -0.304 e. The molecule has 1 rings (SSSR count). The van der Waals surface area contributed by atoms with Gasteiger partial charge in [0.1, 0.15) is 0 Å². The highest BCUT2D eigenvalue weighted by Gasteiger charge is 2.26. The van der Waals surface area contributed by atoms with Crippen LogP contribution in [0.4, 0.5) is 0 Å². The summed E-state index contributed by atoms with van der Waals surface area (Å²) in [5.74, 6) is 0.